The molecule has 96 valence electrons. The van der Waals surface area contributed by atoms with Gasteiger partial charge in [0.1, 0.15) is 5.75 Å². The van der Waals surface area contributed by atoms with Crippen LogP contribution >= 0.6 is 0 Å². The van der Waals surface area contributed by atoms with E-state index in [0.29, 0.717) is 5.69 Å². The van der Waals surface area contributed by atoms with Crippen molar-refractivity contribution < 1.29 is 18.0 Å². The zero-order chi connectivity index (χ0) is 13.3. The molecule has 18 heavy (non-hydrogen) atoms. The number of hydrogen-bond donors (Lipinski definition) is 3. The van der Waals surface area contributed by atoms with Crippen molar-refractivity contribution in [3.05, 3.63) is 30.0 Å². The summed E-state index contributed by atoms with van der Waals surface area (Å²) in [5.41, 5.74) is 5.97. The first-order valence-electron chi connectivity index (χ1n) is 4.93. The second-order valence-corrected chi connectivity index (χ2v) is 5.34. The summed E-state index contributed by atoms with van der Waals surface area (Å²) in [7, 11) is -3.81. The average Bonchev–Trinajstić information content (AvgIpc) is 2.67. The monoisotopic (exact) mass is 269 g/mol. The van der Waals surface area contributed by atoms with Gasteiger partial charge in [0.25, 0.3) is 10.0 Å². The molecule has 4 N–H and O–H groups in total. The summed E-state index contributed by atoms with van der Waals surface area (Å²) in [5.74, 6) is -0.163. The topological polar surface area (TPSA) is 118 Å². The summed E-state index contributed by atoms with van der Waals surface area (Å²) in [6, 6.07) is 5.04. The summed E-state index contributed by atoms with van der Waals surface area (Å²) in [4.78, 5) is -0.0770. The third kappa shape index (κ3) is 2.38. The van der Waals surface area contributed by atoms with Crippen LogP contribution in [0.3, 0.4) is 0 Å². The molecule has 0 amide bonds. The van der Waals surface area contributed by atoms with E-state index < -0.39 is 10.0 Å². The molecule has 1 heterocycles. The molecule has 1 aromatic heterocycles. The number of anilines is 2. The Morgan fingerprint density at radius 2 is 2.11 bits per heavy atom. The molecule has 0 atom stereocenters. The Morgan fingerprint density at radius 3 is 2.67 bits per heavy atom. The molecule has 2 rings (SSSR count). The first-order chi connectivity index (χ1) is 8.38. The van der Waals surface area contributed by atoms with E-state index in [-0.39, 0.29) is 22.2 Å². The minimum Gasteiger partial charge on any atom is -0.506 e. The van der Waals surface area contributed by atoms with Gasteiger partial charge in [-0.05, 0) is 25.1 Å². The zero-order valence-corrected chi connectivity index (χ0v) is 10.2. The number of nitrogens with zero attached hydrogens (tertiary/aromatic N) is 1. The molecule has 0 spiro atoms. The number of aromatic nitrogens is 1. The predicted octanol–water partition coefficient (Wildman–Crippen LogP) is 1.07. The summed E-state index contributed by atoms with van der Waals surface area (Å²) >= 11 is 0. The Labute approximate surface area is 103 Å². The largest absolute Gasteiger partial charge is 0.506 e. The summed E-state index contributed by atoms with van der Waals surface area (Å²) in [5, 5.41) is 12.8. The highest BCUT2D eigenvalue weighted by Crippen LogP contribution is 2.24. The number of hydrogen-bond acceptors (Lipinski definition) is 6. The Kier molecular flexibility index (Phi) is 2.87. The normalized spacial score (nSPS) is 11.4. The van der Waals surface area contributed by atoms with E-state index in [9.17, 15) is 13.5 Å². The first-order valence-corrected chi connectivity index (χ1v) is 6.41. The number of benzene rings is 1. The van der Waals surface area contributed by atoms with Crippen molar-refractivity contribution >= 4 is 21.6 Å². The van der Waals surface area contributed by atoms with E-state index in [1.54, 1.807) is 6.92 Å². The van der Waals surface area contributed by atoms with Gasteiger partial charge in [-0.2, -0.15) is 0 Å². The van der Waals surface area contributed by atoms with Gasteiger partial charge in [-0.25, -0.2) is 13.1 Å². The zero-order valence-electron chi connectivity index (χ0n) is 9.41. The van der Waals surface area contributed by atoms with E-state index in [1.165, 1.54) is 18.2 Å². The number of aryl methyl sites for hydroxylation is 1. The highest BCUT2D eigenvalue weighted by atomic mass is 32.2. The highest BCUT2D eigenvalue weighted by Gasteiger charge is 2.17. The Morgan fingerprint density at radius 1 is 1.39 bits per heavy atom. The number of rotatable bonds is 3. The molecule has 2 aromatic rings. The van der Waals surface area contributed by atoms with Crippen LogP contribution in [0.15, 0.2) is 33.7 Å². The van der Waals surface area contributed by atoms with Crippen LogP contribution < -0.4 is 10.5 Å². The number of sulfonamides is 1. The van der Waals surface area contributed by atoms with E-state index in [4.69, 9.17) is 10.3 Å². The number of nitrogen functional groups attached to an aromatic ring is 1. The number of aromatic hydroxyl groups is 1. The number of phenols is 1. The second kappa shape index (κ2) is 4.22. The molecular weight excluding hydrogens is 258 g/mol. The van der Waals surface area contributed by atoms with Gasteiger partial charge < -0.3 is 15.4 Å². The van der Waals surface area contributed by atoms with E-state index >= 15 is 0 Å². The van der Waals surface area contributed by atoms with Gasteiger partial charge in [0, 0.05) is 6.07 Å². The fourth-order valence-corrected chi connectivity index (χ4v) is 2.31. The molecule has 0 aliphatic rings. The number of phenolic OH excluding ortho intramolecular Hbond substituents is 1. The van der Waals surface area contributed by atoms with Gasteiger partial charge in [-0.15, -0.1) is 0 Å². The standard InChI is InChI=1S/C10H11N3O4S/c1-6-4-10(17-12-6)13-18(15,16)7-2-3-9(14)8(11)5-7/h2-5,13-14H,11H2,1H3. The fourth-order valence-electron chi connectivity index (χ4n) is 1.30. The van der Waals surface area contributed by atoms with Gasteiger partial charge in [0.2, 0.25) is 5.88 Å². The maximum Gasteiger partial charge on any atom is 0.264 e. The maximum atomic E-state index is 11.9. The Hall–Kier alpha value is -2.22. The molecule has 7 nitrogen and oxygen atoms in total. The third-order valence-corrected chi connectivity index (χ3v) is 3.52. The lowest BCUT2D eigenvalue weighted by Crippen LogP contribution is -2.12. The van der Waals surface area contributed by atoms with Crippen molar-refractivity contribution in [1.82, 2.24) is 5.16 Å². The lowest BCUT2D eigenvalue weighted by Gasteiger charge is -2.06. The SMILES string of the molecule is Cc1cc(NS(=O)(=O)c2ccc(O)c(N)c2)on1. The van der Waals surface area contributed by atoms with Crippen molar-refractivity contribution in [1.29, 1.82) is 0 Å². The molecule has 1 aromatic carbocycles. The van der Waals surface area contributed by atoms with E-state index in [1.807, 2.05) is 0 Å². The molecule has 0 saturated heterocycles. The van der Waals surface area contributed by atoms with Crippen molar-refractivity contribution in [2.45, 2.75) is 11.8 Å². The number of nitrogens with two attached hydrogens (primary N) is 1. The van der Waals surface area contributed by atoms with Gasteiger partial charge >= 0.3 is 0 Å². The Bertz CT molecular complexity index is 678. The molecule has 0 radical (unpaired) electrons. The average molecular weight is 269 g/mol. The van der Waals surface area contributed by atoms with Crippen LogP contribution in [-0.4, -0.2) is 18.7 Å². The molecule has 0 aliphatic heterocycles. The first kappa shape index (κ1) is 12.2. The van der Waals surface area contributed by atoms with Crippen LogP contribution in [0.5, 0.6) is 5.75 Å². The predicted molar refractivity (Wildman–Crippen MR) is 64.6 cm³/mol. The smallest absolute Gasteiger partial charge is 0.264 e. The van der Waals surface area contributed by atoms with Crippen molar-refractivity contribution in [2.75, 3.05) is 10.5 Å². The van der Waals surface area contributed by atoms with Crippen molar-refractivity contribution in [3.63, 3.8) is 0 Å². The van der Waals surface area contributed by atoms with Crippen LogP contribution in [0.25, 0.3) is 0 Å². The van der Waals surface area contributed by atoms with Crippen molar-refractivity contribution in [3.8, 4) is 5.75 Å². The number of nitrogens with one attached hydrogen (secondary N) is 1. The second-order valence-electron chi connectivity index (χ2n) is 3.66. The quantitative estimate of drug-likeness (QED) is 0.566. The molecule has 0 fully saturated rings. The summed E-state index contributed by atoms with van der Waals surface area (Å²) < 4.78 is 30.8. The van der Waals surface area contributed by atoms with Gasteiger partial charge in [0.15, 0.2) is 0 Å². The lowest BCUT2D eigenvalue weighted by atomic mass is 10.3. The Balaban J connectivity index is 2.33. The molecule has 8 heteroatoms. The lowest BCUT2D eigenvalue weighted by molar-refractivity contribution is 0.430. The fraction of sp³-hybridized carbons (Fsp3) is 0.100. The van der Waals surface area contributed by atoms with Crippen LogP contribution in [0.1, 0.15) is 5.69 Å². The van der Waals surface area contributed by atoms with E-state index in [2.05, 4.69) is 9.88 Å². The molecule has 0 aliphatic carbocycles. The molecular formula is C10H11N3O4S. The van der Waals surface area contributed by atoms with Crippen molar-refractivity contribution in [2.24, 2.45) is 0 Å². The highest BCUT2D eigenvalue weighted by molar-refractivity contribution is 7.92. The molecule has 0 bridgehead atoms. The van der Waals surface area contributed by atoms with E-state index in [0.717, 1.165) is 6.07 Å². The van der Waals surface area contributed by atoms with Crippen LogP contribution in [0.4, 0.5) is 11.6 Å². The van der Waals surface area contributed by atoms with Crippen LogP contribution in [-0.2, 0) is 10.0 Å². The van der Waals surface area contributed by atoms with Gasteiger partial charge in [-0.1, -0.05) is 5.16 Å². The summed E-state index contributed by atoms with van der Waals surface area (Å²) in [6.07, 6.45) is 0. The third-order valence-electron chi connectivity index (χ3n) is 2.17. The van der Waals surface area contributed by atoms with Crippen LogP contribution in [0.2, 0.25) is 0 Å². The maximum absolute atomic E-state index is 11.9. The van der Waals surface area contributed by atoms with Crippen LogP contribution in [0, 0.1) is 6.92 Å². The minimum absolute atomic E-state index is 0.0131. The summed E-state index contributed by atoms with van der Waals surface area (Å²) in [6.45, 7) is 1.67. The molecule has 0 unspecified atom stereocenters. The van der Waals surface area contributed by atoms with Gasteiger partial charge in [-0.3, -0.25) is 0 Å². The minimum atomic E-state index is -3.81. The van der Waals surface area contributed by atoms with Gasteiger partial charge in [0.05, 0.1) is 16.3 Å². The molecule has 0 saturated carbocycles.